The topological polar surface area (TPSA) is 67.9 Å². The number of hydrogen-bond donors (Lipinski definition) is 1. The number of rotatable bonds is 6. The zero-order valence-corrected chi connectivity index (χ0v) is 12.1. The van der Waals surface area contributed by atoms with E-state index in [1.54, 1.807) is 19.2 Å². The van der Waals surface area contributed by atoms with Gasteiger partial charge < -0.3 is 14.8 Å². The minimum Gasteiger partial charge on any atom is -0.491 e. The van der Waals surface area contributed by atoms with E-state index >= 15 is 0 Å². The zero-order chi connectivity index (χ0) is 15.1. The van der Waals surface area contributed by atoms with Crippen molar-refractivity contribution in [2.45, 2.75) is 0 Å². The van der Waals surface area contributed by atoms with Crippen LogP contribution in [0, 0.1) is 0 Å². The van der Waals surface area contributed by atoms with Crippen LogP contribution in [0.2, 0.25) is 0 Å². The van der Waals surface area contributed by atoms with Crippen LogP contribution in [-0.2, 0) is 4.74 Å². The van der Waals surface area contributed by atoms with Gasteiger partial charge in [0.05, 0.1) is 18.8 Å². The fourth-order valence-electron chi connectivity index (χ4n) is 2.17. The molecule has 0 saturated carbocycles. The van der Waals surface area contributed by atoms with E-state index in [2.05, 4.69) is 10.2 Å². The van der Waals surface area contributed by atoms with Crippen molar-refractivity contribution in [2.75, 3.05) is 46.5 Å². The van der Waals surface area contributed by atoms with Gasteiger partial charge in [-0.3, -0.25) is 14.5 Å². The van der Waals surface area contributed by atoms with Crippen molar-refractivity contribution in [3.8, 4) is 5.75 Å². The molecule has 1 amide bonds. The molecule has 0 spiro atoms. The number of benzene rings is 1. The largest absolute Gasteiger partial charge is 0.491 e. The summed E-state index contributed by atoms with van der Waals surface area (Å²) in [5.74, 6) is 0.230. The van der Waals surface area contributed by atoms with Crippen LogP contribution in [-0.4, -0.2) is 63.6 Å². The minimum atomic E-state index is -0.264. The maximum absolute atomic E-state index is 11.8. The van der Waals surface area contributed by atoms with Gasteiger partial charge in [0.15, 0.2) is 0 Å². The SMILES string of the molecule is CNC(=O)c1cc(C=O)ccc1OCCN1CCOCC1. The van der Waals surface area contributed by atoms with Gasteiger partial charge in [0.25, 0.3) is 5.91 Å². The average Bonchev–Trinajstić information content (AvgIpc) is 2.55. The van der Waals surface area contributed by atoms with E-state index in [1.165, 1.54) is 6.07 Å². The van der Waals surface area contributed by atoms with Gasteiger partial charge in [0, 0.05) is 32.2 Å². The van der Waals surface area contributed by atoms with Crippen LogP contribution in [0.25, 0.3) is 0 Å². The maximum Gasteiger partial charge on any atom is 0.254 e. The first-order valence-electron chi connectivity index (χ1n) is 6.99. The third-order valence-electron chi connectivity index (χ3n) is 3.38. The molecule has 1 saturated heterocycles. The Morgan fingerprint density at radius 2 is 2.19 bits per heavy atom. The van der Waals surface area contributed by atoms with E-state index in [-0.39, 0.29) is 5.91 Å². The highest BCUT2D eigenvalue weighted by Gasteiger charge is 2.14. The van der Waals surface area contributed by atoms with Gasteiger partial charge in [-0.05, 0) is 18.2 Å². The number of carbonyl (C=O) groups excluding carboxylic acids is 2. The second-order valence-corrected chi connectivity index (χ2v) is 4.76. The molecule has 6 heteroatoms. The molecule has 0 atom stereocenters. The predicted octanol–water partition coefficient (Wildman–Crippen LogP) is 0.570. The third-order valence-corrected chi connectivity index (χ3v) is 3.38. The lowest BCUT2D eigenvalue weighted by atomic mass is 10.1. The highest BCUT2D eigenvalue weighted by molar-refractivity contribution is 5.98. The molecule has 114 valence electrons. The number of nitrogens with one attached hydrogen (secondary N) is 1. The summed E-state index contributed by atoms with van der Waals surface area (Å²) >= 11 is 0. The fraction of sp³-hybridized carbons (Fsp3) is 0.467. The van der Waals surface area contributed by atoms with Gasteiger partial charge >= 0.3 is 0 Å². The van der Waals surface area contributed by atoms with E-state index in [9.17, 15) is 9.59 Å². The van der Waals surface area contributed by atoms with Crippen molar-refractivity contribution in [1.82, 2.24) is 10.2 Å². The molecule has 0 unspecified atom stereocenters. The van der Waals surface area contributed by atoms with Crippen LogP contribution < -0.4 is 10.1 Å². The molecule has 6 nitrogen and oxygen atoms in total. The first-order chi connectivity index (χ1) is 10.2. The number of carbonyl (C=O) groups is 2. The monoisotopic (exact) mass is 292 g/mol. The van der Waals surface area contributed by atoms with Gasteiger partial charge in [-0.2, -0.15) is 0 Å². The van der Waals surface area contributed by atoms with Crippen molar-refractivity contribution >= 4 is 12.2 Å². The number of nitrogens with zero attached hydrogens (tertiary/aromatic N) is 1. The number of aldehydes is 1. The normalized spacial score (nSPS) is 15.5. The van der Waals surface area contributed by atoms with E-state index in [4.69, 9.17) is 9.47 Å². The van der Waals surface area contributed by atoms with Crippen molar-refractivity contribution in [3.05, 3.63) is 29.3 Å². The van der Waals surface area contributed by atoms with Crippen LogP contribution in [0.5, 0.6) is 5.75 Å². The van der Waals surface area contributed by atoms with Gasteiger partial charge in [-0.15, -0.1) is 0 Å². The second kappa shape index (κ2) is 7.75. The molecular weight excluding hydrogens is 272 g/mol. The highest BCUT2D eigenvalue weighted by Crippen LogP contribution is 2.19. The second-order valence-electron chi connectivity index (χ2n) is 4.76. The molecule has 2 rings (SSSR count). The molecule has 0 radical (unpaired) electrons. The van der Waals surface area contributed by atoms with Crippen molar-refractivity contribution in [3.63, 3.8) is 0 Å². The Morgan fingerprint density at radius 1 is 1.43 bits per heavy atom. The first kappa shape index (κ1) is 15.5. The Bertz CT molecular complexity index is 498. The zero-order valence-electron chi connectivity index (χ0n) is 12.1. The molecule has 1 heterocycles. The highest BCUT2D eigenvalue weighted by atomic mass is 16.5. The third kappa shape index (κ3) is 4.27. The number of amides is 1. The van der Waals surface area contributed by atoms with Crippen LogP contribution in [0.1, 0.15) is 20.7 Å². The lowest BCUT2D eigenvalue weighted by Gasteiger charge is -2.26. The van der Waals surface area contributed by atoms with Crippen LogP contribution >= 0.6 is 0 Å². The number of morpholine rings is 1. The summed E-state index contributed by atoms with van der Waals surface area (Å²) in [5, 5.41) is 2.55. The molecule has 0 bridgehead atoms. The molecule has 1 fully saturated rings. The molecule has 1 aliphatic heterocycles. The summed E-state index contributed by atoms with van der Waals surface area (Å²) < 4.78 is 11.0. The molecular formula is C15H20N2O4. The van der Waals surface area contributed by atoms with Crippen LogP contribution in [0.15, 0.2) is 18.2 Å². The lowest BCUT2D eigenvalue weighted by molar-refractivity contribution is 0.0322. The smallest absolute Gasteiger partial charge is 0.254 e. The quantitative estimate of drug-likeness (QED) is 0.776. The van der Waals surface area contributed by atoms with Crippen LogP contribution in [0.4, 0.5) is 0 Å². The molecule has 1 N–H and O–H groups in total. The average molecular weight is 292 g/mol. The molecule has 1 aliphatic rings. The Labute approximate surface area is 124 Å². The van der Waals surface area contributed by atoms with Crippen molar-refractivity contribution in [1.29, 1.82) is 0 Å². The molecule has 1 aromatic rings. The molecule has 0 aliphatic carbocycles. The molecule has 0 aromatic heterocycles. The van der Waals surface area contributed by atoms with Crippen molar-refractivity contribution in [2.24, 2.45) is 0 Å². The van der Waals surface area contributed by atoms with Crippen LogP contribution in [0.3, 0.4) is 0 Å². The van der Waals surface area contributed by atoms with E-state index in [1.807, 2.05) is 0 Å². The standard InChI is InChI=1S/C15H20N2O4/c1-16-15(19)13-10-12(11-18)2-3-14(13)21-9-6-17-4-7-20-8-5-17/h2-3,10-11H,4-9H2,1H3,(H,16,19). The van der Waals surface area contributed by atoms with Gasteiger partial charge in [0.2, 0.25) is 0 Å². The Morgan fingerprint density at radius 3 is 2.86 bits per heavy atom. The fourth-order valence-corrected chi connectivity index (χ4v) is 2.17. The van der Waals surface area contributed by atoms with Crippen molar-refractivity contribution < 1.29 is 19.1 Å². The lowest BCUT2D eigenvalue weighted by Crippen LogP contribution is -2.38. The maximum atomic E-state index is 11.8. The summed E-state index contributed by atoms with van der Waals surface area (Å²) in [4.78, 5) is 24.9. The first-order valence-corrected chi connectivity index (χ1v) is 6.99. The Kier molecular flexibility index (Phi) is 5.71. The van der Waals surface area contributed by atoms with Gasteiger partial charge in [0.1, 0.15) is 18.6 Å². The van der Waals surface area contributed by atoms with Gasteiger partial charge in [-0.25, -0.2) is 0 Å². The summed E-state index contributed by atoms with van der Waals surface area (Å²) in [6, 6.07) is 4.84. The summed E-state index contributed by atoms with van der Waals surface area (Å²) in [6.07, 6.45) is 0.712. The minimum absolute atomic E-state index is 0.264. The Balaban J connectivity index is 1.97. The van der Waals surface area contributed by atoms with E-state index in [0.717, 1.165) is 32.8 Å². The predicted molar refractivity (Wildman–Crippen MR) is 78.0 cm³/mol. The van der Waals surface area contributed by atoms with Gasteiger partial charge in [-0.1, -0.05) is 0 Å². The number of hydrogen-bond acceptors (Lipinski definition) is 5. The molecule has 21 heavy (non-hydrogen) atoms. The summed E-state index contributed by atoms with van der Waals surface area (Å²) in [6.45, 7) is 4.57. The van der Waals surface area contributed by atoms with E-state index in [0.29, 0.717) is 29.8 Å². The Hall–Kier alpha value is -1.92. The number of ether oxygens (including phenoxy) is 2. The molecule has 1 aromatic carbocycles. The summed E-state index contributed by atoms with van der Waals surface area (Å²) in [5.41, 5.74) is 0.832. The summed E-state index contributed by atoms with van der Waals surface area (Å²) in [7, 11) is 1.55. The van der Waals surface area contributed by atoms with E-state index < -0.39 is 0 Å².